The van der Waals surface area contributed by atoms with E-state index >= 15 is 0 Å². The Morgan fingerprint density at radius 1 is 1.05 bits per heavy atom. The molecular weight excluding hydrogens is 265 g/mol. The molecule has 0 atom stereocenters. The topological polar surface area (TPSA) is 21.3 Å². The van der Waals surface area contributed by atoms with Gasteiger partial charge in [0.05, 0.1) is 0 Å². The first-order chi connectivity index (χ1) is 10.1. The van der Waals surface area contributed by atoms with Crippen LogP contribution < -0.4 is 10.1 Å². The number of ether oxygens (including phenoxy) is 1. The summed E-state index contributed by atoms with van der Waals surface area (Å²) in [4.78, 5) is 0. The Kier molecular flexibility index (Phi) is 3.93. The number of rotatable bonds is 5. The van der Waals surface area contributed by atoms with Gasteiger partial charge < -0.3 is 10.1 Å². The van der Waals surface area contributed by atoms with E-state index in [1.54, 1.807) is 6.07 Å². The zero-order valence-corrected chi connectivity index (χ0v) is 12.4. The van der Waals surface area contributed by atoms with E-state index in [-0.39, 0.29) is 5.82 Å². The first-order valence-corrected chi connectivity index (χ1v) is 7.39. The third kappa shape index (κ3) is 3.61. The summed E-state index contributed by atoms with van der Waals surface area (Å²) in [5.41, 5.74) is 3.17. The van der Waals surface area contributed by atoms with Gasteiger partial charge >= 0.3 is 0 Å². The number of halogens is 1. The molecule has 110 valence electrons. The highest BCUT2D eigenvalue weighted by Crippen LogP contribution is 2.29. The molecule has 0 aliphatic heterocycles. The van der Waals surface area contributed by atoms with E-state index in [1.807, 2.05) is 26.0 Å². The van der Waals surface area contributed by atoms with Crippen molar-refractivity contribution in [1.29, 1.82) is 0 Å². The van der Waals surface area contributed by atoms with Crippen LogP contribution >= 0.6 is 0 Å². The predicted octanol–water partition coefficient (Wildman–Crippen LogP) is 4.49. The van der Waals surface area contributed by atoms with Crippen LogP contribution in [-0.4, -0.2) is 6.04 Å². The predicted molar refractivity (Wildman–Crippen MR) is 82.3 cm³/mol. The molecule has 1 aliphatic carbocycles. The lowest BCUT2D eigenvalue weighted by Gasteiger charge is -2.13. The normalized spacial score (nSPS) is 14.2. The molecule has 0 bridgehead atoms. The standard InChI is InChI=1S/C18H20FNO/c1-12-3-5-14(11-20-16-7-8-16)9-17(12)21-18-10-15(19)6-4-13(18)2/h3-6,9-10,16,20H,7-8,11H2,1-2H3. The van der Waals surface area contributed by atoms with Crippen LogP contribution in [0.5, 0.6) is 11.5 Å². The lowest BCUT2D eigenvalue weighted by Crippen LogP contribution is -2.15. The summed E-state index contributed by atoms with van der Waals surface area (Å²) in [5, 5.41) is 3.49. The Labute approximate surface area is 125 Å². The van der Waals surface area contributed by atoms with Gasteiger partial charge in [0.1, 0.15) is 17.3 Å². The summed E-state index contributed by atoms with van der Waals surface area (Å²) in [6.45, 7) is 4.77. The Morgan fingerprint density at radius 3 is 2.43 bits per heavy atom. The maximum Gasteiger partial charge on any atom is 0.133 e. The molecule has 1 N–H and O–H groups in total. The molecule has 2 nitrogen and oxygen atoms in total. The smallest absolute Gasteiger partial charge is 0.133 e. The fourth-order valence-electron chi connectivity index (χ4n) is 2.22. The lowest BCUT2D eigenvalue weighted by atomic mass is 10.1. The second kappa shape index (κ2) is 5.86. The van der Waals surface area contributed by atoms with Crippen molar-refractivity contribution in [2.75, 3.05) is 0 Å². The Morgan fingerprint density at radius 2 is 1.71 bits per heavy atom. The summed E-state index contributed by atoms with van der Waals surface area (Å²) in [6, 6.07) is 11.5. The molecule has 3 heteroatoms. The molecule has 3 rings (SSSR count). The maximum absolute atomic E-state index is 13.4. The Hall–Kier alpha value is -1.87. The van der Waals surface area contributed by atoms with Gasteiger partial charge in [0, 0.05) is 18.7 Å². The maximum atomic E-state index is 13.4. The summed E-state index contributed by atoms with van der Waals surface area (Å²) in [7, 11) is 0. The third-order valence-electron chi connectivity index (χ3n) is 3.79. The fourth-order valence-corrected chi connectivity index (χ4v) is 2.22. The van der Waals surface area contributed by atoms with Crippen LogP contribution in [0.15, 0.2) is 36.4 Å². The molecule has 0 aromatic heterocycles. The largest absolute Gasteiger partial charge is 0.457 e. The van der Waals surface area contributed by atoms with Crippen molar-refractivity contribution in [3.63, 3.8) is 0 Å². The van der Waals surface area contributed by atoms with Gasteiger partial charge in [-0.25, -0.2) is 4.39 Å². The van der Waals surface area contributed by atoms with Crippen LogP contribution in [0.25, 0.3) is 0 Å². The highest BCUT2D eigenvalue weighted by molar-refractivity contribution is 5.42. The summed E-state index contributed by atoms with van der Waals surface area (Å²) in [6.07, 6.45) is 2.55. The van der Waals surface area contributed by atoms with E-state index in [4.69, 9.17) is 4.74 Å². The van der Waals surface area contributed by atoms with Gasteiger partial charge in [-0.05, 0) is 55.5 Å². The lowest BCUT2D eigenvalue weighted by molar-refractivity contribution is 0.468. The van der Waals surface area contributed by atoms with Crippen molar-refractivity contribution in [3.05, 3.63) is 58.9 Å². The van der Waals surface area contributed by atoms with Crippen molar-refractivity contribution < 1.29 is 9.13 Å². The second-order valence-corrected chi connectivity index (χ2v) is 5.77. The molecule has 2 aromatic carbocycles. The zero-order chi connectivity index (χ0) is 14.8. The second-order valence-electron chi connectivity index (χ2n) is 5.77. The molecule has 1 aliphatic rings. The van der Waals surface area contributed by atoms with E-state index in [1.165, 1.54) is 30.5 Å². The minimum absolute atomic E-state index is 0.278. The Bertz CT molecular complexity index is 650. The first-order valence-electron chi connectivity index (χ1n) is 7.39. The number of aryl methyl sites for hydroxylation is 2. The first kappa shape index (κ1) is 14.1. The van der Waals surface area contributed by atoms with Crippen molar-refractivity contribution in [3.8, 4) is 11.5 Å². The van der Waals surface area contributed by atoms with Crippen LogP contribution in [0.1, 0.15) is 29.5 Å². The van der Waals surface area contributed by atoms with Crippen LogP contribution in [0.2, 0.25) is 0 Å². The molecule has 2 aromatic rings. The monoisotopic (exact) mass is 285 g/mol. The Balaban J connectivity index is 1.79. The van der Waals surface area contributed by atoms with Crippen LogP contribution in [-0.2, 0) is 6.54 Å². The molecule has 0 amide bonds. The number of hydrogen-bond acceptors (Lipinski definition) is 2. The number of benzene rings is 2. The highest BCUT2D eigenvalue weighted by Gasteiger charge is 2.20. The van der Waals surface area contributed by atoms with E-state index in [2.05, 4.69) is 11.4 Å². The van der Waals surface area contributed by atoms with Crippen molar-refractivity contribution in [1.82, 2.24) is 5.32 Å². The van der Waals surface area contributed by atoms with Gasteiger partial charge in [0.25, 0.3) is 0 Å². The summed E-state index contributed by atoms with van der Waals surface area (Å²) >= 11 is 0. The van der Waals surface area contributed by atoms with E-state index in [9.17, 15) is 4.39 Å². The van der Waals surface area contributed by atoms with Gasteiger partial charge in [-0.15, -0.1) is 0 Å². The number of hydrogen-bond donors (Lipinski definition) is 1. The summed E-state index contributed by atoms with van der Waals surface area (Å²) < 4.78 is 19.3. The number of nitrogens with one attached hydrogen (secondary N) is 1. The molecule has 0 heterocycles. The van der Waals surface area contributed by atoms with Crippen molar-refractivity contribution >= 4 is 0 Å². The zero-order valence-electron chi connectivity index (χ0n) is 12.4. The van der Waals surface area contributed by atoms with E-state index < -0.39 is 0 Å². The van der Waals surface area contributed by atoms with Gasteiger partial charge in [-0.1, -0.05) is 18.2 Å². The fraction of sp³-hybridized carbons (Fsp3) is 0.333. The minimum atomic E-state index is -0.278. The minimum Gasteiger partial charge on any atom is -0.457 e. The molecule has 1 saturated carbocycles. The van der Waals surface area contributed by atoms with E-state index in [0.717, 1.165) is 23.4 Å². The molecule has 0 spiro atoms. The average Bonchev–Trinajstić information content (AvgIpc) is 3.28. The average molecular weight is 285 g/mol. The van der Waals surface area contributed by atoms with E-state index in [0.29, 0.717) is 11.8 Å². The molecule has 0 unspecified atom stereocenters. The molecule has 0 saturated heterocycles. The SMILES string of the molecule is Cc1ccc(F)cc1Oc1cc(CNC2CC2)ccc1C. The van der Waals surface area contributed by atoms with Crippen molar-refractivity contribution in [2.45, 2.75) is 39.3 Å². The molecular formula is C18H20FNO. The van der Waals surface area contributed by atoms with Crippen molar-refractivity contribution in [2.24, 2.45) is 0 Å². The van der Waals surface area contributed by atoms with Gasteiger partial charge in [-0.2, -0.15) is 0 Å². The highest BCUT2D eigenvalue weighted by atomic mass is 19.1. The van der Waals surface area contributed by atoms with Crippen LogP contribution in [0.4, 0.5) is 4.39 Å². The molecule has 1 fully saturated rings. The molecule has 0 radical (unpaired) electrons. The molecule has 21 heavy (non-hydrogen) atoms. The quantitative estimate of drug-likeness (QED) is 0.874. The van der Waals surface area contributed by atoms with Crippen LogP contribution in [0.3, 0.4) is 0 Å². The summed E-state index contributed by atoms with van der Waals surface area (Å²) in [5.74, 6) is 1.09. The van der Waals surface area contributed by atoms with Gasteiger partial charge in [0.15, 0.2) is 0 Å². The van der Waals surface area contributed by atoms with Gasteiger partial charge in [-0.3, -0.25) is 0 Å². The van der Waals surface area contributed by atoms with Crippen LogP contribution in [0, 0.1) is 19.7 Å². The van der Waals surface area contributed by atoms with Gasteiger partial charge in [0.2, 0.25) is 0 Å². The third-order valence-corrected chi connectivity index (χ3v) is 3.79.